The van der Waals surface area contributed by atoms with E-state index < -0.39 is 0 Å². The van der Waals surface area contributed by atoms with Gasteiger partial charge in [-0.3, -0.25) is 4.79 Å². The van der Waals surface area contributed by atoms with Crippen LogP contribution in [0.4, 0.5) is 5.69 Å². The highest BCUT2D eigenvalue weighted by Crippen LogP contribution is 2.29. The zero-order valence-corrected chi connectivity index (χ0v) is 19.8. The number of fused-ring (bicyclic) bond motifs is 1. The van der Waals surface area contributed by atoms with E-state index in [1.165, 1.54) is 6.08 Å². The molecular weight excluding hydrogens is 464 g/mol. The second kappa shape index (κ2) is 9.52. The molecule has 1 amide bonds. The second-order valence-corrected chi connectivity index (χ2v) is 8.33. The van der Waals surface area contributed by atoms with Crippen molar-refractivity contribution < 1.29 is 18.4 Å². The van der Waals surface area contributed by atoms with E-state index in [2.05, 4.69) is 10.3 Å². The lowest BCUT2D eigenvalue weighted by Crippen LogP contribution is -2.07. The zero-order valence-electron chi connectivity index (χ0n) is 19.0. The van der Waals surface area contributed by atoms with Crippen LogP contribution in [0.2, 0.25) is 5.02 Å². The van der Waals surface area contributed by atoms with Crippen LogP contribution in [0.5, 0.6) is 5.75 Å². The van der Waals surface area contributed by atoms with E-state index in [-0.39, 0.29) is 5.91 Å². The van der Waals surface area contributed by atoms with Crippen molar-refractivity contribution in [3.8, 4) is 28.5 Å². The molecule has 1 N–H and O–H groups in total. The van der Waals surface area contributed by atoms with Crippen LogP contribution in [0.3, 0.4) is 0 Å². The van der Waals surface area contributed by atoms with Gasteiger partial charge in [0.25, 0.3) is 0 Å². The Kier molecular flexibility index (Phi) is 6.12. The van der Waals surface area contributed by atoms with Gasteiger partial charge in [-0.1, -0.05) is 29.8 Å². The van der Waals surface area contributed by atoms with Crippen LogP contribution in [0, 0.1) is 6.92 Å². The molecule has 0 radical (unpaired) electrons. The summed E-state index contributed by atoms with van der Waals surface area (Å²) in [4.78, 5) is 17.0. The first-order valence-electron chi connectivity index (χ1n) is 10.9. The summed E-state index contributed by atoms with van der Waals surface area (Å²) < 4.78 is 17.0. The summed E-state index contributed by atoms with van der Waals surface area (Å²) in [6, 6.07) is 22.2. The van der Waals surface area contributed by atoms with Gasteiger partial charge in [0, 0.05) is 27.9 Å². The lowest BCUT2D eigenvalue weighted by molar-refractivity contribution is -0.111. The maximum atomic E-state index is 12.5. The Labute approximate surface area is 206 Å². The number of carbonyl (C=O) groups excluding carboxylic acids is 1. The number of ether oxygens (including phenoxy) is 1. The summed E-state index contributed by atoms with van der Waals surface area (Å²) in [6.07, 6.45) is 3.03. The molecule has 35 heavy (non-hydrogen) atoms. The quantitative estimate of drug-likeness (QED) is 0.254. The number of amides is 1. The lowest BCUT2D eigenvalue weighted by atomic mass is 10.1. The molecule has 0 fully saturated rings. The number of carbonyl (C=O) groups is 1. The van der Waals surface area contributed by atoms with Gasteiger partial charge in [-0.2, -0.15) is 0 Å². The molecular formula is C28H21ClN2O4. The number of benzene rings is 3. The van der Waals surface area contributed by atoms with E-state index in [4.69, 9.17) is 25.2 Å². The fraction of sp³-hybridized carbons (Fsp3) is 0.0714. The molecule has 2 heterocycles. The number of hydrogen-bond acceptors (Lipinski definition) is 5. The van der Waals surface area contributed by atoms with Gasteiger partial charge < -0.3 is 18.9 Å². The van der Waals surface area contributed by atoms with Gasteiger partial charge in [0.2, 0.25) is 11.8 Å². The average Bonchev–Trinajstić information content (AvgIpc) is 3.51. The third-order valence-corrected chi connectivity index (χ3v) is 5.86. The van der Waals surface area contributed by atoms with Crippen molar-refractivity contribution in [3.63, 3.8) is 0 Å². The number of halogens is 1. The molecule has 5 rings (SSSR count). The number of aromatic nitrogens is 1. The highest BCUT2D eigenvalue weighted by atomic mass is 35.5. The molecule has 2 aromatic heterocycles. The Morgan fingerprint density at radius 2 is 1.89 bits per heavy atom. The van der Waals surface area contributed by atoms with Crippen LogP contribution in [-0.4, -0.2) is 18.0 Å². The largest absolute Gasteiger partial charge is 0.497 e. The molecule has 0 saturated heterocycles. The Bertz CT molecular complexity index is 1560. The Morgan fingerprint density at radius 3 is 2.71 bits per heavy atom. The summed E-state index contributed by atoms with van der Waals surface area (Å²) in [7, 11) is 1.61. The number of methoxy groups -OCH3 is 1. The first-order chi connectivity index (χ1) is 17.0. The van der Waals surface area contributed by atoms with Crippen LogP contribution in [-0.2, 0) is 4.79 Å². The first kappa shape index (κ1) is 22.5. The van der Waals surface area contributed by atoms with Crippen LogP contribution in [0.1, 0.15) is 11.3 Å². The summed E-state index contributed by atoms with van der Waals surface area (Å²) in [5.74, 6) is 2.14. The molecule has 7 heteroatoms. The van der Waals surface area contributed by atoms with E-state index in [1.807, 2.05) is 55.5 Å². The minimum Gasteiger partial charge on any atom is -0.497 e. The van der Waals surface area contributed by atoms with Crippen molar-refractivity contribution in [2.75, 3.05) is 12.4 Å². The van der Waals surface area contributed by atoms with Crippen molar-refractivity contribution in [3.05, 3.63) is 95.2 Å². The molecule has 0 aliphatic rings. The summed E-state index contributed by atoms with van der Waals surface area (Å²) in [6.45, 7) is 1.95. The molecule has 0 bridgehead atoms. The topological polar surface area (TPSA) is 77.5 Å². The zero-order chi connectivity index (χ0) is 24.4. The Morgan fingerprint density at radius 1 is 1.00 bits per heavy atom. The molecule has 174 valence electrons. The Balaban J connectivity index is 1.28. The van der Waals surface area contributed by atoms with Crippen LogP contribution >= 0.6 is 11.6 Å². The molecule has 3 aromatic carbocycles. The van der Waals surface area contributed by atoms with Crippen LogP contribution in [0.15, 0.2) is 87.7 Å². The fourth-order valence-corrected chi connectivity index (χ4v) is 3.75. The minimum atomic E-state index is -0.294. The maximum Gasteiger partial charge on any atom is 0.248 e. The third-order valence-electron chi connectivity index (χ3n) is 5.45. The van der Waals surface area contributed by atoms with E-state index in [0.29, 0.717) is 39.2 Å². The standard InChI is InChI=1S/C28H21ClN2O4/c1-17-6-7-18(15-23(17)29)25-12-9-21(34-25)10-13-27(32)30-20-8-11-26-24(16-20)31-28(35-26)19-4-3-5-22(14-19)33-2/h3-16H,1-2H3,(H,30,32)/b13-10+. The van der Waals surface area contributed by atoms with Gasteiger partial charge in [-0.15, -0.1) is 0 Å². The molecule has 0 unspecified atom stereocenters. The van der Waals surface area contributed by atoms with Crippen molar-refractivity contribution in [2.24, 2.45) is 0 Å². The summed E-state index contributed by atoms with van der Waals surface area (Å²) in [5.41, 5.74) is 4.54. The van der Waals surface area contributed by atoms with Crippen molar-refractivity contribution in [1.82, 2.24) is 4.98 Å². The van der Waals surface area contributed by atoms with Gasteiger partial charge in [0.1, 0.15) is 22.8 Å². The van der Waals surface area contributed by atoms with E-state index in [0.717, 1.165) is 22.4 Å². The molecule has 6 nitrogen and oxygen atoms in total. The van der Waals surface area contributed by atoms with Crippen molar-refractivity contribution in [1.29, 1.82) is 0 Å². The van der Waals surface area contributed by atoms with E-state index in [9.17, 15) is 4.79 Å². The predicted molar refractivity (Wildman–Crippen MR) is 138 cm³/mol. The summed E-state index contributed by atoms with van der Waals surface area (Å²) >= 11 is 6.21. The van der Waals surface area contributed by atoms with Gasteiger partial charge in [0.15, 0.2) is 5.58 Å². The number of rotatable bonds is 6. The number of nitrogens with zero attached hydrogens (tertiary/aromatic N) is 1. The van der Waals surface area contributed by atoms with E-state index >= 15 is 0 Å². The minimum absolute atomic E-state index is 0.294. The predicted octanol–water partition coefficient (Wildman–Crippen LogP) is 7.38. The maximum absolute atomic E-state index is 12.5. The molecule has 0 spiro atoms. The number of anilines is 1. The highest BCUT2D eigenvalue weighted by molar-refractivity contribution is 6.31. The van der Waals surface area contributed by atoms with Gasteiger partial charge >= 0.3 is 0 Å². The smallest absolute Gasteiger partial charge is 0.248 e. The number of hydrogen-bond donors (Lipinski definition) is 1. The van der Waals surface area contributed by atoms with Gasteiger partial charge in [-0.05, 0) is 73.2 Å². The van der Waals surface area contributed by atoms with Gasteiger partial charge in [0.05, 0.1) is 7.11 Å². The Hall–Kier alpha value is -4.29. The molecule has 0 aliphatic carbocycles. The SMILES string of the molecule is COc1cccc(-c2nc3cc(NC(=O)/C=C/c4ccc(-c5ccc(C)c(Cl)c5)o4)ccc3o2)c1. The van der Waals surface area contributed by atoms with Crippen LogP contribution < -0.4 is 10.1 Å². The average molecular weight is 485 g/mol. The lowest BCUT2D eigenvalue weighted by Gasteiger charge is -2.01. The normalized spacial score (nSPS) is 11.3. The number of oxazole rings is 1. The third kappa shape index (κ3) is 4.98. The molecule has 0 aliphatic heterocycles. The monoisotopic (exact) mass is 484 g/mol. The number of aryl methyl sites for hydroxylation is 1. The first-order valence-corrected chi connectivity index (χ1v) is 11.3. The van der Waals surface area contributed by atoms with Gasteiger partial charge in [-0.25, -0.2) is 4.98 Å². The van der Waals surface area contributed by atoms with Crippen LogP contribution in [0.25, 0.3) is 40.0 Å². The molecule has 0 atom stereocenters. The van der Waals surface area contributed by atoms with Crippen molar-refractivity contribution >= 4 is 40.4 Å². The fourth-order valence-electron chi connectivity index (χ4n) is 3.57. The number of nitrogens with one attached hydrogen (secondary N) is 1. The second-order valence-electron chi connectivity index (χ2n) is 7.92. The highest BCUT2D eigenvalue weighted by Gasteiger charge is 2.11. The molecule has 5 aromatic rings. The molecule has 0 saturated carbocycles. The van der Waals surface area contributed by atoms with E-state index in [1.54, 1.807) is 37.5 Å². The number of furan rings is 1. The van der Waals surface area contributed by atoms with Crippen molar-refractivity contribution in [2.45, 2.75) is 6.92 Å². The summed E-state index contributed by atoms with van der Waals surface area (Å²) in [5, 5.41) is 3.51.